The van der Waals surface area contributed by atoms with E-state index in [1.54, 1.807) is 19.1 Å². The number of hydrogen-bond acceptors (Lipinski definition) is 3. The Balaban J connectivity index is 2.37. The van der Waals surface area contributed by atoms with Crippen molar-refractivity contribution in [1.82, 2.24) is 10.6 Å². The maximum Gasteiger partial charge on any atom is 0.166 e. The van der Waals surface area contributed by atoms with E-state index in [9.17, 15) is 0 Å². The first-order valence-corrected chi connectivity index (χ1v) is 9.10. The van der Waals surface area contributed by atoms with E-state index in [2.05, 4.69) is 43.5 Å². The summed E-state index contributed by atoms with van der Waals surface area (Å²) in [6, 6.07) is 4.82. The van der Waals surface area contributed by atoms with Crippen molar-refractivity contribution < 1.29 is 14.4 Å². The average Bonchev–Trinajstić information content (AvgIpc) is 2.59. The monoisotopic (exact) mass is 352 g/mol. The SMILES string of the molecule is CCNC(=S)N[C@@H](C)[C@H]1c2cc(OC)c(OC)cc2CC[NH+]1CC. The number of rotatable bonds is 6. The molecule has 0 bridgehead atoms. The number of quaternary nitrogens is 1. The summed E-state index contributed by atoms with van der Waals surface area (Å²) in [5, 5.41) is 7.34. The normalized spacial score (nSPS) is 20.7. The summed E-state index contributed by atoms with van der Waals surface area (Å²) in [5.74, 6) is 1.60. The quantitative estimate of drug-likeness (QED) is 0.669. The number of hydrogen-bond donors (Lipinski definition) is 3. The molecule has 0 aliphatic carbocycles. The summed E-state index contributed by atoms with van der Waals surface area (Å²) in [6.45, 7) is 9.52. The maximum atomic E-state index is 5.53. The first-order valence-electron chi connectivity index (χ1n) is 8.69. The Bertz CT molecular complexity index is 580. The Hall–Kier alpha value is -1.53. The van der Waals surface area contributed by atoms with Crippen LogP contribution < -0.4 is 25.0 Å². The second-order valence-corrected chi connectivity index (χ2v) is 6.60. The Kier molecular flexibility index (Phi) is 6.69. The molecule has 6 heteroatoms. The summed E-state index contributed by atoms with van der Waals surface area (Å²) in [7, 11) is 3.38. The topological polar surface area (TPSA) is 47.0 Å². The smallest absolute Gasteiger partial charge is 0.166 e. The van der Waals surface area contributed by atoms with Gasteiger partial charge in [-0.15, -0.1) is 0 Å². The number of likely N-dealkylation sites (N-methyl/N-ethyl adjacent to an activating group) is 1. The van der Waals surface area contributed by atoms with Crippen LogP contribution in [0.15, 0.2) is 12.1 Å². The molecule has 1 aliphatic heterocycles. The number of thiocarbonyl (C=S) groups is 1. The molecule has 1 unspecified atom stereocenters. The number of benzene rings is 1. The summed E-state index contributed by atoms with van der Waals surface area (Å²) in [4.78, 5) is 1.56. The molecular weight excluding hydrogens is 322 g/mol. The van der Waals surface area contributed by atoms with Crippen molar-refractivity contribution in [3.8, 4) is 11.5 Å². The minimum Gasteiger partial charge on any atom is -0.493 e. The second kappa shape index (κ2) is 8.53. The average molecular weight is 353 g/mol. The van der Waals surface area contributed by atoms with E-state index in [1.807, 2.05) is 0 Å². The lowest BCUT2D eigenvalue weighted by molar-refractivity contribution is -0.933. The number of nitrogens with one attached hydrogen (secondary N) is 3. The van der Waals surface area contributed by atoms with E-state index < -0.39 is 0 Å². The van der Waals surface area contributed by atoms with Gasteiger partial charge in [0.15, 0.2) is 16.6 Å². The first-order chi connectivity index (χ1) is 11.5. The molecule has 1 aliphatic rings. The Morgan fingerprint density at radius 2 is 1.96 bits per heavy atom. The summed E-state index contributed by atoms with van der Waals surface area (Å²) in [6.07, 6.45) is 1.06. The lowest BCUT2D eigenvalue weighted by atomic mass is 9.88. The highest BCUT2D eigenvalue weighted by molar-refractivity contribution is 7.80. The van der Waals surface area contributed by atoms with E-state index in [0.29, 0.717) is 11.2 Å². The third-order valence-corrected chi connectivity index (χ3v) is 5.05. The van der Waals surface area contributed by atoms with Gasteiger partial charge in [-0.05, 0) is 50.7 Å². The van der Waals surface area contributed by atoms with Gasteiger partial charge in [0.05, 0.1) is 33.4 Å². The van der Waals surface area contributed by atoms with Crippen molar-refractivity contribution in [2.75, 3.05) is 33.9 Å². The van der Waals surface area contributed by atoms with Gasteiger partial charge in [-0.3, -0.25) is 0 Å². The van der Waals surface area contributed by atoms with Crippen LogP contribution in [0.25, 0.3) is 0 Å². The van der Waals surface area contributed by atoms with Crippen LogP contribution in [-0.2, 0) is 6.42 Å². The molecule has 24 heavy (non-hydrogen) atoms. The maximum absolute atomic E-state index is 5.53. The third-order valence-electron chi connectivity index (χ3n) is 4.79. The van der Waals surface area contributed by atoms with Gasteiger partial charge >= 0.3 is 0 Å². The molecule has 0 fully saturated rings. The third kappa shape index (κ3) is 3.92. The predicted molar refractivity (Wildman–Crippen MR) is 101 cm³/mol. The van der Waals surface area contributed by atoms with Crippen LogP contribution in [-0.4, -0.2) is 45.0 Å². The highest BCUT2D eigenvalue weighted by Gasteiger charge is 2.35. The van der Waals surface area contributed by atoms with Gasteiger partial charge in [0, 0.05) is 18.5 Å². The van der Waals surface area contributed by atoms with Crippen LogP contribution in [0.3, 0.4) is 0 Å². The van der Waals surface area contributed by atoms with Gasteiger partial charge in [-0.1, -0.05) is 0 Å². The molecule has 134 valence electrons. The molecule has 1 aromatic rings. The molecule has 3 N–H and O–H groups in total. The molecule has 0 spiro atoms. The van der Waals surface area contributed by atoms with Gasteiger partial charge in [-0.2, -0.15) is 0 Å². The molecule has 0 aromatic heterocycles. The van der Waals surface area contributed by atoms with Crippen molar-refractivity contribution >= 4 is 17.3 Å². The molecule has 1 heterocycles. The van der Waals surface area contributed by atoms with Crippen molar-refractivity contribution in [2.45, 2.75) is 39.3 Å². The summed E-state index contributed by atoms with van der Waals surface area (Å²) < 4.78 is 11.0. The molecule has 1 aromatic carbocycles. The molecule has 0 radical (unpaired) electrons. The zero-order chi connectivity index (χ0) is 17.7. The van der Waals surface area contributed by atoms with Crippen molar-refractivity contribution in [2.24, 2.45) is 0 Å². The largest absolute Gasteiger partial charge is 0.493 e. The highest BCUT2D eigenvalue weighted by atomic mass is 32.1. The van der Waals surface area contributed by atoms with E-state index in [0.717, 1.165) is 37.6 Å². The van der Waals surface area contributed by atoms with Crippen LogP contribution in [0.4, 0.5) is 0 Å². The molecule has 0 amide bonds. The van der Waals surface area contributed by atoms with Gasteiger partial charge in [0.2, 0.25) is 0 Å². The Morgan fingerprint density at radius 1 is 1.29 bits per heavy atom. The van der Waals surface area contributed by atoms with Crippen LogP contribution in [0.5, 0.6) is 11.5 Å². The Labute approximate surface area is 150 Å². The molecular formula is C18H30N3O2S+. The van der Waals surface area contributed by atoms with Crippen LogP contribution in [0.1, 0.15) is 37.9 Å². The van der Waals surface area contributed by atoms with Crippen molar-refractivity contribution in [3.63, 3.8) is 0 Å². The minimum atomic E-state index is 0.226. The second-order valence-electron chi connectivity index (χ2n) is 6.19. The highest BCUT2D eigenvalue weighted by Crippen LogP contribution is 2.34. The number of fused-ring (bicyclic) bond motifs is 1. The Morgan fingerprint density at radius 3 is 2.54 bits per heavy atom. The lowest BCUT2D eigenvalue weighted by Crippen LogP contribution is -3.14. The van der Waals surface area contributed by atoms with Crippen molar-refractivity contribution in [3.05, 3.63) is 23.3 Å². The van der Waals surface area contributed by atoms with Crippen LogP contribution in [0, 0.1) is 0 Å². The molecule has 0 saturated heterocycles. The molecule has 0 saturated carbocycles. The summed E-state index contributed by atoms with van der Waals surface area (Å²) >= 11 is 5.38. The van der Waals surface area contributed by atoms with E-state index in [1.165, 1.54) is 11.1 Å². The number of ether oxygens (including phenoxy) is 2. The fourth-order valence-electron chi connectivity index (χ4n) is 3.63. The van der Waals surface area contributed by atoms with E-state index >= 15 is 0 Å². The van der Waals surface area contributed by atoms with E-state index in [-0.39, 0.29) is 6.04 Å². The van der Waals surface area contributed by atoms with Gasteiger partial charge in [-0.25, -0.2) is 0 Å². The molecule has 5 nitrogen and oxygen atoms in total. The standard InChI is InChI=1S/C18H29N3O2S/c1-6-19-18(24)20-12(3)17-14-11-16(23-5)15(22-4)10-13(14)8-9-21(17)7-2/h10-12,17H,6-9H2,1-5H3,(H2,19,20,24)/p+1/t12-,17-/m0/s1. The van der Waals surface area contributed by atoms with Crippen molar-refractivity contribution in [1.29, 1.82) is 0 Å². The van der Waals surface area contributed by atoms with Crippen LogP contribution >= 0.6 is 12.2 Å². The fraction of sp³-hybridized carbons (Fsp3) is 0.611. The minimum absolute atomic E-state index is 0.226. The molecule has 2 rings (SSSR count). The predicted octanol–water partition coefficient (Wildman–Crippen LogP) is 1.08. The van der Waals surface area contributed by atoms with Gasteiger partial charge < -0.3 is 25.0 Å². The van der Waals surface area contributed by atoms with Gasteiger partial charge in [0.1, 0.15) is 6.04 Å². The summed E-state index contributed by atoms with van der Waals surface area (Å²) in [5.41, 5.74) is 2.67. The van der Waals surface area contributed by atoms with E-state index in [4.69, 9.17) is 21.7 Å². The fourth-order valence-corrected chi connectivity index (χ4v) is 3.96. The molecule has 3 atom stereocenters. The zero-order valence-corrected chi connectivity index (χ0v) is 16.2. The number of methoxy groups -OCH3 is 2. The first kappa shape index (κ1) is 18.8. The van der Waals surface area contributed by atoms with Crippen LogP contribution in [0.2, 0.25) is 0 Å². The lowest BCUT2D eigenvalue weighted by Gasteiger charge is -2.38. The zero-order valence-electron chi connectivity index (χ0n) is 15.4. The van der Waals surface area contributed by atoms with Gasteiger partial charge in [0.25, 0.3) is 0 Å².